The van der Waals surface area contributed by atoms with Crippen molar-refractivity contribution >= 4 is 11.7 Å². The summed E-state index contributed by atoms with van der Waals surface area (Å²) in [6.07, 6.45) is 4.59. The monoisotopic (exact) mass is 462 g/mol. The molecule has 0 aromatic heterocycles. The van der Waals surface area contributed by atoms with Gasteiger partial charge in [-0.1, -0.05) is 60.7 Å². The average Bonchev–Trinajstić information content (AvgIpc) is 3.37. The molecule has 1 fully saturated rings. The molecule has 5 nitrogen and oxygen atoms in total. The molecule has 3 aromatic rings. The molecule has 0 spiro atoms. The van der Waals surface area contributed by atoms with Crippen molar-refractivity contribution in [2.75, 3.05) is 13.7 Å². The Hall–Kier alpha value is -4.04. The SMILES string of the molecule is COc1ccc(C2=CC3CCC(C2)N3C(=O)OCC2c3ccccc3-c3ccccc32)cc1C#N. The highest BCUT2D eigenvalue weighted by Crippen LogP contribution is 2.45. The predicted octanol–water partition coefficient (Wildman–Crippen LogP) is 6.14. The van der Waals surface area contributed by atoms with E-state index in [9.17, 15) is 10.1 Å². The van der Waals surface area contributed by atoms with Crippen molar-refractivity contribution in [1.82, 2.24) is 4.90 Å². The summed E-state index contributed by atoms with van der Waals surface area (Å²) >= 11 is 0. The van der Waals surface area contributed by atoms with Crippen molar-refractivity contribution in [3.63, 3.8) is 0 Å². The number of ether oxygens (including phenoxy) is 2. The lowest BCUT2D eigenvalue weighted by Gasteiger charge is -2.33. The lowest BCUT2D eigenvalue weighted by molar-refractivity contribution is 0.0866. The van der Waals surface area contributed by atoms with Gasteiger partial charge in [0.15, 0.2) is 0 Å². The van der Waals surface area contributed by atoms with Crippen LogP contribution in [0.4, 0.5) is 4.79 Å². The van der Waals surface area contributed by atoms with Crippen LogP contribution in [0.25, 0.3) is 16.7 Å². The van der Waals surface area contributed by atoms with Crippen LogP contribution in [0.2, 0.25) is 0 Å². The number of benzene rings is 3. The van der Waals surface area contributed by atoms with Crippen LogP contribution in [0, 0.1) is 11.3 Å². The minimum Gasteiger partial charge on any atom is -0.495 e. The zero-order valence-corrected chi connectivity index (χ0v) is 19.6. The van der Waals surface area contributed by atoms with Gasteiger partial charge >= 0.3 is 6.09 Å². The maximum absolute atomic E-state index is 13.3. The van der Waals surface area contributed by atoms with Crippen molar-refractivity contribution in [1.29, 1.82) is 5.26 Å². The van der Waals surface area contributed by atoms with E-state index < -0.39 is 0 Å². The van der Waals surface area contributed by atoms with Crippen molar-refractivity contribution in [2.45, 2.75) is 37.3 Å². The summed E-state index contributed by atoms with van der Waals surface area (Å²) in [7, 11) is 1.57. The second-order valence-corrected chi connectivity index (χ2v) is 9.43. The molecular weight excluding hydrogens is 436 g/mol. The standard InChI is InChI=1S/C30H26N2O3/c1-34-29-13-10-19(14-21(29)17-31)20-15-22-11-12-23(16-20)32(22)30(33)35-18-28-26-8-4-2-6-24(26)25-7-3-5-9-27(25)28/h2-10,13-15,22-23,28H,11-12,16,18H2,1H3. The number of amides is 1. The van der Waals surface area contributed by atoms with Crippen LogP contribution in [0.1, 0.15) is 47.4 Å². The zero-order chi connectivity index (χ0) is 23.9. The predicted molar refractivity (Wildman–Crippen MR) is 134 cm³/mol. The summed E-state index contributed by atoms with van der Waals surface area (Å²) in [5, 5.41) is 9.46. The molecule has 1 saturated heterocycles. The fourth-order valence-electron chi connectivity index (χ4n) is 5.99. The van der Waals surface area contributed by atoms with Gasteiger partial charge in [0.25, 0.3) is 0 Å². The summed E-state index contributed by atoms with van der Waals surface area (Å²) in [4.78, 5) is 15.2. The minimum atomic E-state index is -0.234. The van der Waals surface area contributed by atoms with Gasteiger partial charge in [0, 0.05) is 12.0 Å². The fourth-order valence-corrected chi connectivity index (χ4v) is 5.99. The van der Waals surface area contributed by atoms with Gasteiger partial charge in [-0.2, -0.15) is 5.26 Å². The first-order valence-corrected chi connectivity index (χ1v) is 12.1. The molecular formula is C30H26N2O3. The highest BCUT2D eigenvalue weighted by Gasteiger charge is 2.41. The highest BCUT2D eigenvalue weighted by molar-refractivity contribution is 5.79. The Labute approximate surface area is 205 Å². The molecule has 2 aliphatic heterocycles. The number of hydrogen-bond donors (Lipinski definition) is 0. The van der Waals surface area contributed by atoms with Crippen LogP contribution in [-0.4, -0.2) is 36.8 Å². The summed E-state index contributed by atoms with van der Waals surface area (Å²) in [6, 6.07) is 24.8. The van der Waals surface area contributed by atoms with E-state index in [4.69, 9.17) is 9.47 Å². The summed E-state index contributed by atoms with van der Waals surface area (Å²) in [5.74, 6) is 0.638. The smallest absolute Gasteiger partial charge is 0.410 e. The average molecular weight is 463 g/mol. The molecule has 174 valence electrons. The summed E-state index contributed by atoms with van der Waals surface area (Å²) < 4.78 is 11.2. The maximum atomic E-state index is 13.3. The Morgan fingerprint density at radius 2 is 1.74 bits per heavy atom. The van der Waals surface area contributed by atoms with Gasteiger partial charge < -0.3 is 9.47 Å². The first-order chi connectivity index (χ1) is 17.2. The third kappa shape index (κ3) is 3.57. The molecule has 2 bridgehead atoms. The lowest BCUT2D eigenvalue weighted by Crippen LogP contribution is -2.43. The number of nitrogens with zero attached hydrogens (tertiary/aromatic N) is 2. The van der Waals surface area contributed by atoms with E-state index in [1.807, 2.05) is 35.2 Å². The molecule has 0 N–H and O–H groups in total. The van der Waals surface area contributed by atoms with Gasteiger partial charge in [0.2, 0.25) is 0 Å². The topological polar surface area (TPSA) is 62.6 Å². The zero-order valence-electron chi connectivity index (χ0n) is 19.6. The van der Waals surface area contributed by atoms with Gasteiger partial charge in [0.05, 0.1) is 18.7 Å². The van der Waals surface area contributed by atoms with E-state index in [0.717, 1.165) is 24.8 Å². The number of methoxy groups -OCH3 is 1. The Morgan fingerprint density at radius 3 is 2.40 bits per heavy atom. The molecule has 0 saturated carbocycles. The molecule has 35 heavy (non-hydrogen) atoms. The van der Waals surface area contributed by atoms with Gasteiger partial charge in [0.1, 0.15) is 18.4 Å². The number of carbonyl (C=O) groups excluding carboxylic acids is 1. The van der Waals surface area contributed by atoms with Crippen LogP contribution < -0.4 is 4.74 Å². The number of rotatable bonds is 4. The largest absolute Gasteiger partial charge is 0.495 e. The Bertz CT molecular complexity index is 1340. The normalized spacial score (nSPS) is 20.0. The van der Waals surface area contributed by atoms with Gasteiger partial charge in [-0.3, -0.25) is 4.90 Å². The van der Waals surface area contributed by atoms with E-state index in [0.29, 0.717) is 17.9 Å². The molecule has 6 rings (SSSR count). The maximum Gasteiger partial charge on any atom is 0.410 e. The molecule has 5 heteroatoms. The second-order valence-electron chi connectivity index (χ2n) is 9.43. The lowest BCUT2D eigenvalue weighted by atomic mass is 9.93. The quantitative estimate of drug-likeness (QED) is 0.467. The van der Waals surface area contributed by atoms with Crippen molar-refractivity contribution in [2.24, 2.45) is 0 Å². The molecule has 3 aliphatic rings. The molecule has 2 unspecified atom stereocenters. The first-order valence-electron chi connectivity index (χ1n) is 12.1. The first kappa shape index (κ1) is 21.5. The molecule has 2 heterocycles. The number of hydrogen-bond acceptors (Lipinski definition) is 4. The third-order valence-electron chi connectivity index (χ3n) is 7.63. The Morgan fingerprint density at radius 1 is 1.03 bits per heavy atom. The minimum absolute atomic E-state index is 0.0204. The van der Waals surface area contributed by atoms with E-state index in [1.165, 1.54) is 27.8 Å². The number of fused-ring (bicyclic) bond motifs is 5. The van der Waals surface area contributed by atoms with Crippen LogP contribution in [0.5, 0.6) is 5.75 Å². The van der Waals surface area contributed by atoms with E-state index in [2.05, 4.69) is 48.5 Å². The van der Waals surface area contributed by atoms with Gasteiger partial charge in [-0.15, -0.1) is 0 Å². The van der Waals surface area contributed by atoms with E-state index >= 15 is 0 Å². The van der Waals surface area contributed by atoms with E-state index in [1.54, 1.807) is 7.11 Å². The van der Waals surface area contributed by atoms with Crippen LogP contribution in [-0.2, 0) is 4.74 Å². The van der Waals surface area contributed by atoms with Gasteiger partial charge in [-0.25, -0.2) is 4.79 Å². The van der Waals surface area contributed by atoms with Crippen LogP contribution >= 0.6 is 0 Å². The van der Waals surface area contributed by atoms with E-state index in [-0.39, 0.29) is 24.1 Å². The Balaban J connectivity index is 1.20. The highest BCUT2D eigenvalue weighted by atomic mass is 16.6. The molecule has 2 atom stereocenters. The van der Waals surface area contributed by atoms with Crippen molar-refractivity contribution in [3.05, 3.63) is 95.1 Å². The number of nitriles is 1. The molecule has 3 aromatic carbocycles. The molecule has 0 radical (unpaired) electrons. The van der Waals surface area contributed by atoms with Gasteiger partial charge in [-0.05, 0) is 64.8 Å². The van der Waals surface area contributed by atoms with Crippen LogP contribution in [0.15, 0.2) is 72.8 Å². The fraction of sp³-hybridized carbons (Fsp3) is 0.267. The molecule has 1 aliphatic carbocycles. The summed E-state index contributed by atoms with van der Waals surface area (Å²) in [6.45, 7) is 0.337. The van der Waals surface area contributed by atoms with Crippen molar-refractivity contribution < 1.29 is 14.3 Å². The Kier molecular flexibility index (Phi) is 5.30. The summed E-state index contributed by atoms with van der Waals surface area (Å²) in [5.41, 5.74) is 7.62. The second kappa shape index (κ2) is 8.63. The van der Waals surface area contributed by atoms with Crippen molar-refractivity contribution in [3.8, 4) is 22.9 Å². The molecule has 1 amide bonds. The van der Waals surface area contributed by atoms with Crippen LogP contribution in [0.3, 0.4) is 0 Å². The third-order valence-corrected chi connectivity index (χ3v) is 7.63. The number of carbonyl (C=O) groups is 1.